The number of nitrogens with zero attached hydrogens (tertiary/aromatic N) is 1. The molecule has 0 radical (unpaired) electrons. The van der Waals surface area contributed by atoms with E-state index in [0.717, 1.165) is 0 Å². The third-order valence-corrected chi connectivity index (χ3v) is 6.45. The van der Waals surface area contributed by atoms with Crippen molar-refractivity contribution >= 4 is 16.0 Å². The molecule has 2 rings (SSSR count). The average Bonchev–Trinajstić information content (AvgIpc) is 2.75. The van der Waals surface area contributed by atoms with Gasteiger partial charge < -0.3 is 9.84 Å². The van der Waals surface area contributed by atoms with Gasteiger partial charge in [-0.25, -0.2) is 8.42 Å². The number of carbonyl (C=O) groups is 1. The molecule has 6 nitrogen and oxygen atoms in total. The minimum atomic E-state index is -3.54. The Morgan fingerprint density at radius 1 is 1.39 bits per heavy atom. The molecule has 0 amide bonds. The number of carboxylic acids is 1. The van der Waals surface area contributed by atoms with Crippen molar-refractivity contribution in [1.82, 2.24) is 4.31 Å². The van der Waals surface area contributed by atoms with Gasteiger partial charge in [0, 0.05) is 19.8 Å². The summed E-state index contributed by atoms with van der Waals surface area (Å²) < 4.78 is 31.4. The first-order chi connectivity index (χ1) is 8.39. The number of carboxylic acid groups (broad SMARTS) is 1. The van der Waals surface area contributed by atoms with E-state index in [1.807, 2.05) is 0 Å². The zero-order valence-corrected chi connectivity index (χ0v) is 11.3. The first-order valence-electron chi connectivity index (χ1n) is 6.22. The number of sulfonamides is 1. The standard InChI is InChI=1S/C11H19NO5S/c1-11(10(13)14)5-2-6-12(11)18(15,16)9-3-7-17-8-4-9/h9H,2-8H2,1H3,(H,13,14). The number of rotatable bonds is 3. The summed E-state index contributed by atoms with van der Waals surface area (Å²) >= 11 is 0. The Morgan fingerprint density at radius 2 is 2.00 bits per heavy atom. The minimum absolute atomic E-state index is 0.308. The fourth-order valence-electron chi connectivity index (χ4n) is 2.71. The molecule has 2 aliphatic heterocycles. The van der Waals surface area contributed by atoms with Crippen molar-refractivity contribution in [1.29, 1.82) is 0 Å². The lowest BCUT2D eigenvalue weighted by Crippen LogP contribution is -2.54. The lowest BCUT2D eigenvalue weighted by molar-refractivity contribution is -0.146. The molecule has 0 bridgehead atoms. The van der Waals surface area contributed by atoms with E-state index in [-0.39, 0.29) is 0 Å². The Morgan fingerprint density at radius 3 is 2.56 bits per heavy atom. The summed E-state index contributed by atoms with van der Waals surface area (Å²) in [6.07, 6.45) is 1.89. The fraction of sp³-hybridized carbons (Fsp3) is 0.909. The van der Waals surface area contributed by atoms with Crippen molar-refractivity contribution in [2.75, 3.05) is 19.8 Å². The second-order valence-electron chi connectivity index (χ2n) is 5.11. The van der Waals surface area contributed by atoms with Gasteiger partial charge in [-0.05, 0) is 32.6 Å². The quantitative estimate of drug-likeness (QED) is 0.809. The van der Waals surface area contributed by atoms with E-state index in [0.29, 0.717) is 45.4 Å². The maximum absolute atomic E-state index is 12.5. The van der Waals surface area contributed by atoms with Gasteiger partial charge in [0.25, 0.3) is 0 Å². The van der Waals surface area contributed by atoms with Crippen LogP contribution in [-0.4, -0.2) is 54.3 Å². The maximum atomic E-state index is 12.5. The summed E-state index contributed by atoms with van der Waals surface area (Å²) in [6.45, 7) is 2.67. The molecule has 0 aromatic rings. The molecular formula is C11H19NO5S. The first-order valence-corrected chi connectivity index (χ1v) is 7.72. The molecule has 0 saturated carbocycles. The second-order valence-corrected chi connectivity index (χ2v) is 7.25. The smallest absolute Gasteiger partial charge is 0.324 e. The van der Waals surface area contributed by atoms with Crippen molar-refractivity contribution in [3.8, 4) is 0 Å². The summed E-state index contributed by atoms with van der Waals surface area (Å²) in [7, 11) is -3.54. The van der Waals surface area contributed by atoms with Crippen LogP contribution in [0.3, 0.4) is 0 Å². The minimum Gasteiger partial charge on any atom is -0.480 e. The Balaban J connectivity index is 2.26. The Kier molecular flexibility index (Phi) is 3.66. The number of aliphatic carboxylic acids is 1. The molecule has 2 aliphatic rings. The predicted octanol–water partition coefficient (Wildman–Crippen LogP) is 0.434. The van der Waals surface area contributed by atoms with Gasteiger partial charge in [0.1, 0.15) is 5.54 Å². The number of ether oxygens (including phenoxy) is 1. The van der Waals surface area contributed by atoms with E-state index >= 15 is 0 Å². The highest BCUT2D eigenvalue weighted by atomic mass is 32.2. The zero-order chi connectivity index (χ0) is 13.4. The Bertz CT molecular complexity index is 429. The van der Waals surface area contributed by atoms with Crippen LogP contribution in [0.1, 0.15) is 32.6 Å². The van der Waals surface area contributed by atoms with Gasteiger partial charge in [-0.2, -0.15) is 4.31 Å². The van der Waals surface area contributed by atoms with Gasteiger partial charge in [0.05, 0.1) is 5.25 Å². The summed E-state index contributed by atoms with van der Waals surface area (Å²) in [5.74, 6) is -1.06. The number of hydrogen-bond donors (Lipinski definition) is 1. The molecule has 0 aromatic heterocycles. The summed E-state index contributed by atoms with van der Waals surface area (Å²) in [6, 6.07) is 0. The van der Waals surface area contributed by atoms with Gasteiger partial charge in [0.2, 0.25) is 10.0 Å². The molecule has 1 atom stereocenters. The number of hydrogen-bond acceptors (Lipinski definition) is 4. The molecule has 0 aromatic carbocycles. The highest BCUT2D eigenvalue weighted by Crippen LogP contribution is 2.35. The van der Waals surface area contributed by atoms with Gasteiger partial charge in [-0.3, -0.25) is 4.79 Å². The SMILES string of the molecule is CC1(C(=O)O)CCCN1S(=O)(=O)C1CCOCC1. The molecule has 1 N–H and O–H groups in total. The lowest BCUT2D eigenvalue weighted by atomic mass is 10.0. The summed E-state index contributed by atoms with van der Waals surface area (Å²) in [5, 5.41) is 8.78. The highest BCUT2D eigenvalue weighted by Gasteiger charge is 2.51. The van der Waals surface area contributed by atoms with Crippen LogP contribution in [0.2, 0.25) is 0 Å². The first kappa shape index (κ1) is 13.8. The molecule has 2 saturated heterocycles. The normalized spacial score (nSPS) is 31.6. The third-order valence-electron chi connectivity index (χ3n) is 3.93. The largest absolute Gasteiger partial charge is 0.480 e. The summed E-state index contributed by atoms with van der Waals surface area (Å²) in [4.78, 5) is 11.3. The average molecular weight is 277 g/mol. The summed E-state index contributed by atoms with van der Waals surface area (Å²) in [5.41, 5.74) is -1.28. The van der Waals surface area contributed by atoms with Gasteiger partial charge in [0.15, 0.2) is 0 Å². The van der Waals surface area contributed by atoms with Crippen molar-refractivity contribution in [2.24, 2.45) is 0 Å². The van der Waals surface area contributed by atoms with Crippen LogP contribution in [-0.2, 0) is 19.6 Å². The van der Waals surface area contributed by atoms with Crippen LogP contribution in [0.25, 0.3) is 0 Å². The molecule has 2 heterocycles. The van der Waals surface area contributed by atoms with E-state index in [9.17, 15) is 18.3 Å². The van der Waals surface area contributed by atoms with Crippen LogP contribution in [0.4, 0.5) is 0 Å². The molecule has 0 spiro atoms. The van der Waals surface area contributed by atoms with Crippen molar-refractivity contribution in [2.45, 2.75) is 43.4 Å². The van der Waals surface area contributed by atoms with Crippen LogP contribution >= 0.6 is 0 Å². The topological polar surface area (TPSA) is 83.9 Å². The van der Waals surface area contributed by atoms with Gasteiger partial charge in [-0.15, -0.1) is 0 Å². The van der Waals surface area contributed by atoms with Crippen LogP contribution in [0.15, 0.2) is 0 Å². The molecular weight excluding hydrogens is 258 g/mol. The van der Waals surface area contributed by atoms with Crippen LogP contribution < -0.4 is 0 Å². The van der Waals surface area contributed by atoms with Crippen LogP contribution in [0.5, 0.6) is 0 Å². The maximum Gasteiger partial charge on any atom is 0.324 e. The fourth-order valence-corrected chi connectivity index (χ4v) is 4.98. The molecule has 104 valence electrons. The van der Waals surface area contributed by atoms with Crippen molar-refractivity contribution in [3.63, 3.8) is 0 Å². The lowest BCUT2D eigenvalue weighted by Gasteiger charge is -2.34. The van der Waals surface area contributed by atoms with Crippen molar-refractivity contribution in [3.05, 3.63) is 0 Å². The van der Waals surface area contributed by atoms with E-state index in [4.69, 9.17) is 4.74 Å². The van der Waals surface area contributed by atoms with Crippen molar-refractivity contribution < 1.29 is 23.1 Å². The Hall–Kier alpha value is -0.660. The van der Waals surface area contributed by atoms with E-state index in [1.165, 1.54) is 11.2 Å². The molecule has 0 aliphatic carbocycles. The van der Waals surface area contributed by atoms with E-state index in [1.54, 1.807) is 0 Å². The van der Waals surface area contributed by atoms with Crippen LogP contribution in [0, 0.1) is 0 Å². The van der Waals surface area contributed by atoms with Gasteiger partial charge >= 0.3 is 5.97 Å². The molecule has 1 unspecified atom stereocenters. The Labute approximate surface area is 107 Å². The van der Waals surface area contributed by atoms with Gasteiger partial charge in [-0.1, -0.05) is 0 Å². The monoisotopic (exact) mass is 277 g/mol. The van der Waals surface area contributed by atoms with E-state index in [2.05, 4.69) is 0 Å². The highest BCUT2D eigenvalue weighted by molar-refractivity contribution is 7.89. The second kappa shape index (κ2) is 4.79. The predicted molar refractivity (Wildman–Crippen MR) is 64.7 cm³/mol. The zero-order valence-electron chi connectivity index (χ0n) is 10.5. The molecule has 2 fully saturated rings. The molecule has 18 heavy (non-hydrogen) atoms. The molecule has 7 heteroatoms. The van der Waals surface area contributed by atoms with E-state index < -0.39 is 26.8 Å². The third kappa shape index (κ3) is 2.15.